The minimum Gasteiger partial charge on any atom is -0.467 e. The molecule has 0 spiro atoms. The molecule has 2 aromatic carbocycles. The van der Waals surface area contributed by atoms with E-state index in [4.69, 9.17) is 10.5 Å². The van der Waals surface area contributed by atoms with Crippen molar-refractivity contribution in [2.75, 3.05) is 7.11 Å². The van der Waals surface area contributed by atoms with Crippen LogP contribution < -0.4 is 11.1 Å². The van der Waals surface area contributed by atoms with Gasteiger partial charge in [-0.1, -0.05) is 61.5 Å². The van der Waals surface area contributed by atoms with E-state index < -0.39 is 18.1 Å². The highest BCUT2D eigenvalue weighted by Gasteiger charge is 2.25. The molecule has 1 amide bonds. The summed E-state index contributed by atoms with van der Waals surface area (Å²) in [6.07, 6.45) is 1.68. The number of carbonyl (C=O) groups excluding carboxylic acids is 2. The van der Waals surface area contributed by atoms with Gasteiger partial charge >= 0.3 is 5.97 Å². The molecule has 138 valence electrons. The Hall–Kier alpha value is -2.66. The molecule has 0 bridgehead atoms. The number of hydrogen-bond donors (Lipinski definition) is 2. The zero-order valence-corrected chi connectivity index (χ0v) is 15.3. The second kappa shape index (κ2) is 9.73. The summed E-state index contributed by atoms with van der Waals surface area (Å²) < 4.78 is 4.85. The lowest BCUT2D eigenvalue weighted by Crippen LogP contribution is -2.50. The van der Waals surface area contributed by atoms with Gasteiger partial charge < -0.3 is 15.8 Å². The van der Waals surface area contributed by atoms with Crippen LogP contribution >= 0.6 is 0 Å². The van der Waals surface area contributed by atoms with E-state index in [9.17, 15) is 9.59 Å². The van der Waals surface area contributed by atoms with Crippen molar-refractivity contribution in [1.29, 1.82) is 0 Å². The summed E-state index contributed by atoms with van der Waals surface area (Å²) in [6.45, 7) is 2.07. The highest BCUT2D eigenvalue weighted by molar-refractivity contribution is 5.87. The van der Waals surface area contributed by atoms with Crippen LogP contribution in [0.4, 0.5) is 0 Å². The van der Waals surface area contributed by atoms with Crippen LogP contribution in [0.1, 0.15) is 23.6 Å². The SMILES string of the molecule is CCc1cccc(C[C@H](NC(=O)[C@H](N)Cc2ccccc2)C(=O)OC)c1. The van der Waals surface area contributed by atoms with Crippen LogP contribution in [-0.2, 0) is 33.6 Å². The first-order valence-corrected chi connectivity index (χ1v) is 8.79. The lowest BCUT2D eigenvalue weighted by atomic mass is 10.0. The van der Waals surface area contributed by atoms with Gasteiger partial charge in [-0.3, -0.25) is 4.79 Å². The van der Waals surface area contributed by atoms with Gasteiger partial charge in [0.2, 0.25) is 5.91 Å². The van der Waals surface area contributed by atoms with Gasteiger partial charge in [0.1, 0.15) is 6.04 Å². The molecule has 0 saturated carbocycles. The van der Waals surface area contributed by atoms with E-state index in [-0.39, 0.29) is 5.91 Å². The summed E-state index contributed by atoms with van der Waals surface area (Å²) >= 11 is 0. The zero-order valence-electron chi connectivity index (χ0n) is 15.3. The second-order valence-electron chi connectivity index (χ2n) is 6.26. The van der Waals surface area contributed by atoms with Gasteiger partial charge in [-0.05, 0) is 29.5 Å². The summed E-state index contributed by atoms with van der Waals surface area (Å²) in [4.78, 5) is 24.6. The van der Waals surface area contributed by atoms with Crippen molar-refractivity contribution in [2.45, 2.75) is 38.3 Å². The van der Waals surface area contributed by atoms with E-state index in [1.807, 2.05) is 54.6 Å². The van der Waals surface area contributed by atoms with Gasteiger partial charge in [-0.15, -0.1) is 0 Å². The maximum Gasteiger partial charge on any atom is 0.328 e. The molecule has 0 saturated heterocycles. The number of nitrogens with one attached hydrogen (secondary N) is 1. The van der Waals surface area contributed by atoms with Crippen molar-refractivity contribution >= 4 is 11.9 Å². The predicted octanol–water partition coefficient (Wildman–Crippen LogP) is 2.02. The molecule has 2 atom stereocenters. The third-order valence-electron chi connectivity index (χ3n) is 4.28. The summed E-state index contributed by atoms with van der Waals surface area (Å²) in [7, 11) is 1.31. The largest absolute Gasteiger partial charge is 0.467 e. The lowest BCUT2D eigenvalue weighted by molar-refractivity contribution is -0.145. The van der Waals surface area contributed by atoms with E-state index in [2.05, 4.69) is 12.2 Å². The second-order valence-corrected chi connectivity index (χ2v) is 6.26. The van der Waals surface area contributed by atoms with Crippen molar-refractivity contribution in [2.24, 2.45) is 5.73 Å². The first-order chi connectivity index (χ1) is 12.5. The number of nitrogens with two attached hydrogens (primary N) is 1. The minimum absolute atomic E-state index is 0.365. The van der Waals surface area contributed by atoms with Crippen LogP contribution in [0.5, 0.6) is 0 Å². The number of aryl methyl sites for hydroxylation is 1. The smallest absolute Gasteiger partial charge is 0.328 e. The molecule has 0 fully saturated rings. The van der Waals surface area contributed by atoms with E-state index in [1.54, 1.807) is 0 Å². The number of carbonyl (C=O) groups is 2. The van der Waals surface area contributed by atoms with Crippen molar-refractivity contribution < 1.29 is 14.3 Å². The molecule has 5 heteroatoms. The van der Waals surface area contributed by atoms with Crippen molar-refractivity contribution in [1.82, 2.24) is 5.32 Å². The maximum absolute atomic E-state index is 12.4. The summed E-state index contributed by atoms with van der Waals surface area (Å²) in [5.41, 5.74) is 9.13. The number of hydrogen-bond acceptors (Lipinski definition) is 4. The van der Waals surface area contributed by atoms with E-state index in [0.29, 0.717) is 12.8 Å². The van der Waals surface area contributed by atoms with Crippen molar-refractivity contribution in [3.63, 3.8) is 0 Å². The number of amides is 1. The fraction of sp³-hybridized carbons (Fsp3) is 0.333. The fourth-order valence-electron chi connectivity index (χ4n) is 2.79. The third kappa shape index (κ3) is 5.70. The highest BCUT2D eigenvalue weighted by atomic mass is 16.5. The molecule has 0 radical (unpaired) electrons. The Labute approximate surface area is 154 Å². The van der Waals surface area contributed by atoms with Gasteiger partial charge in [0.05, 0.1) is 13.2 Å². The Kier molecular flexibility index (Phi) is 7.36. The Balaban J connectivity index is 2.04. The van der Waals surface area contributed by atoms with Crippen LogP contribution in [-0.4, -0.2) is 31.1 Å². The molecule has 0 aliphatic heterocycles. The van der Waals surface area contributed by atoms with Gasteiger partial charge in [-0.2, -0.15) is 0 Å². The van der Waals surface area contributed by atoms with Gasteiger partial charge in [0, 0.05) is 6.42 Å². The first kappa shape index (κ1) is 19.7. The summed E-state index contributed by atoms with van der Waals surface area (Å²) in [5, 5.41) is 2.74. The highest BCUT2D eigenvalue weighted by Crippen LogP contribution is 2.10. The molecule has 26 heavy (non-hydrogen) atoms. The Bertz CT molecular complexity index is 731. The number of ether oxygens (including phenoxy) is 1. The lowest BCUT2D eigenvalue weighted by Gasteiger charge is -2.19. The summed E-state index contributed by atoms with van der Waals surface area (Å²) in [6, 6.07) is 16.0. The van der Waals surface area contributed by atoms with E-state index >= 15 is 0 Å². The molecule has 2 rings (SSSR count). The quantitative estimate of drug-likeness (QED) is 0.711. The van der Waals surface area contributed by atoms with Crippen LogP contribution in [0.3, 0.4) is 0 Å². The van der Waals surface area contributed by atoms with Gasteiger partial charge in [-0.25, -0.2) is 4.79 Å². The molecule has 0 aliphatic rings. The van der Waals surface area contributed by atoms with Gasteiger partial charge in [0.15, 0.2) is 0 Å². The molecular weight excluding hydrogens is 328 g/mol. The normalized spacial score (nSPS) is 12.9. The zero-order chi connectivity index (χ0) is 18.9. The first-order valence-electron chi connectivity index (χ1n) is 8.79. The van der Waals surface area contributed by atoms with Crippen LogP contribution in [0.15, 0.2) is 54.6 Å². The molecule has 0 aliphatic carbocycles. The van der Waals surface area contributed by atoms with Crippen molar-refractivity contribution in [3.05, 3.63) is 71.3 Å². The molecule has 2 aromatic rings. The van der Waals surface area contributed by atoms with E-state index in [0.717, 1.165) is 17.5 Å². The fourth-order valence-corrected chi connectivity index (χ4v) is 2.79. The molecule has 0 heterocycles. The van der Waals surface area contributed by atoms with Crippen LogP contribution in [0.25, 0.3) is 0 Å². The average Bonchev–Trinajstić information content (AvgIpc) is 2.67. The Morgan fingerprint density at radius 2 is 1.65 bits per heavy atom. The number of benzene rings is 2. The maximum atomic E-state index is 12.4. The van der Waals surface area contributed by atoms with Crippen molar-refractivity contribution in [3.8, 4) is 0 Å². The molecular formula is C21H26N2O3. The van der Waals surface area contributed by atoms with Gasteiger partial charge in [0.25, 0.3) is 0 Å². The molecule has 5 nitrogen and oxygen atoms in total. The number of esters is 1. The molecule has 0 unspecified atom stereocenters. The summed E-state index contributed by atoms with van der Waals surface area (Å²) in [5.74, 6) is -0.844. The predicted molar refractivity (Wildman–Crippen MR) is 102 cm³/mol. The number of methoxy groups -OCH3 is 1. The standard InChI is InChI=1S/C21H26N2O3/c1-3-15-10-7-11-17(12-15)14-19(21(25)26-2)23-20(24)18(22)13-16-8-5-4-6-9-16/h4-12,18-19H,3,13-14,22H2,1-2H3,(H,23,24)/t18-,19+/m1/s1. The monoisotopic (exact) mass is 354 g/mol. The topological polar surface area (TPSA) is 81.4 Å². The van der Waals surface area contributed by atoms with Crippen LogP contribution in [0.2, 0.25) is 0 Å². The van der Waals surface area contributed by atoms with Crippen LogP contribution in [0, 0.1) is 0 Å². The number of rotatable bonds is 8. The molecule has 0 aromatic heterocycles. The average molecular weight is 354 g/mol. The van der Waals surface area contributed by atoms with E-state index in [1.165, 1.54) is 12.7 Å². The third-order valence-corrected chi connectivity index (χ3v) is 4.28. The molecule has 3 N–H and O–H groups in total. The Morgan fingerprint density at radius 1 is 1.00 bits per heavy atom. The minimum atomic E-state index is -0.763. The Morgan fingerprint density at radius 3 is 2.31 bits per heavy atom.